The van der Waals surface area contributed by atoms with E-state index in [1.54, 1.807) is 12.1 Å². The van der Waals surface area contributed by atoms with Gasteiger partial charge >= 0.3 is 6.18 Å². The number of rotatable bonds is 5. The van der Waals surface area contributed by atoms with E-state index in [2.05, 4.69) is 10.3 Å². The molecule has 3 rings (SSSR count). The highest BCUT2D eigenvalue weighted by atomic mass is 19.4. The monoisotopic (exact) mass is 357 g/mol. The molecule has 1 aliphatic rings. The minimum atomic E-state index is -4.51. The molecule has 1 aliphatic heterocycles. The zero-order valence-corrected chi connectivity index (χ0v) is 13.4. The standard InChI is InChI=1S/C16H18F3N3O3/c17-16(18,19)13-8-11-2-1-4-20-15(11)22(13)5-3-14(23)21-9-12-10-24-6-7-25-12/h1-2,4,8,12H,3,5-7,9-10H2,(H,21,23)/t12-/m1/s1. The van der Waals surface area contributed by atoms with Gasteiger partial charge < -0.3 is 19.4 Å². The third-order valence-electron chi connectivity index (χ3n) is 3.92. The van der Waals surface area contributed by atoms with E-state index < -0.39 is 11.9 Å². The molecule has 1 saturated heterocycles. The van der Waals surface area contributed by atoms with Gasteiger partial charge in [0.2, 0.25) is 5.91 Å². The molecule has 1 fully saturated rings. The van der Waals surface area contributed by atoms with Crippen molar-refractivity contribution in [3.8, 4) is 0 Å². The van der Waals surface area contributed by atoms with E-state index in [9.17, 15) is 18.0 Å². The first kappa shape index (κ1) is 17.7. The van der Waals surface area contributed by atoms with Crippen LogP contribution in [0.15, 0.2) is 24.4 Å². The molecule has 3 heterocycles. The number of amides is 1. The summed E-state index contributed by atoms with van der Waals surface area (Å²) >= 11 is 0. The molecule has 9 heteroatoms. The van der Waals surface area contributed by atoms with Crippen LogP contribution in [0, 0.1) is 0 Å². The SMILES string of the molecule is O=C(CCn1c(C(F)(F)F)cc2cccnc21)NC[C@@H]1COCCO1. The molecule has 0 spiro atoms. The summed E-state index contributed by atoms with van der Waals surface area (Å²) in [4.78, 5) is 16.0. The number of nitrogens with one attached hydrogen (secondary N) is 1. The van der Waals surface area contributed by atoms with Gasteiger partial charge in [-0.15, -0.1) is 0 Å². The zero-order chi connectivity index (χ0) is 17.9. The first-order valence-corrected chi connectivity index (χ1v) is 7.92. The van der Waals surface area contributed by atoms with Gasteiger partial charge in [0.05, 0.1) is 25.9 Å². The Morgan fingerprint density at radius 1 is 1.40 bits per heavy atom. The number of hydrogen-bond donors (Lipinski definition) is 1. The lowest BCUT2D eigenvalue weighted by Crippen LogP contribution is -2.39. The van der Waals surface area contributed by atoms with Crippen LogP contribution in [0.2, 0.25) is 0 Å². The molecule has 136 valence electrons. The number of ether oxygens (including phenoxy) is 2. The van der Waals surface area contributed by atoms with Crippen molar-refractivity contribution in [1.29, 1.82) is 0 Å². The van der Waals surface area contributed by atoms with Crippen LogP contribution in [0.25, 0.3) is 11.0 Å². The smallest absolute Gasteiger partial charge is 0.376 e. The molecule has 0 aliphatic carbocycles. The van der Waals surface area contributed by atoms with E-state index in [1.807, 2.05) is 0 Å². The Bertz CT molecular complexity index is 739. The highest BCUT2D eigenvalue weighted by Crippen LogP contribution is 2.33. The number of nitrogens with zero attached hydrogens (tertiary/aromatic N) is 2. The third-order valence-corrected chi connectivity index (χ3v) is 3.92. The minimum Gasteiger partial charge on any atom is -0.376 e. The molecule has 6 nitrogen and oxygen atoms in total. The molecule has 2 aromatic heterocycles. The van der Waals surface area contributed by atoms with Crippen molar-refractivity contribution in [2.45, 2.75) is 25.2 Å². The van der Waals surface area contributed by atoms with Gasteiger partial charge in [0.1, 0.15) is 11.3 Å². The summed E-state index contributed by atoms with van der Waals surface area (Å²) < 4.78 is 51.3. The Labute approximate surface area is 141 Å². The van der Waals surface area contributed by atoms with Crippen molar-refractivity contribution in [3.63, 3.8) is 0 Å². The maximum absolute atomic E-state index is 13.2. The van der Waals surface area contributed by atoms with Gasteiger partial charge in [-0.2, -0.15) is 13.2 Å². The molecular weight excluding hydrogens is 339 g/mol. The molecule has 1 atom stereocenters. The van der Waals surface area contributed by atoms with Crippen molar-refractivity contribution in [1.82, 2.24) is 14.9 Å². The molecule has 0 unspecified atom stereocenters. The van der Waals surface area contributed by atoms with E-state index in [0.29, 0.717) is 25.2 Å². The normalized spacial score (nSPS) is 18.4. The van der Waals surface area contributed by atoms with Crippen molar-refractivity contribution in [2.24, 2.45) is 0 Å². The lowest BCUT2D eigenvalue weighted by atomic mass is 10.3. The number of carbonyl (C=O) groups is 1. The molecule has 25 heavy (non-hydrogen) atoms. The third kappa shape index (κ3) is 4.29. The molecule has 1 amide bonds. The van der Waals surface area contributed by atoms with Crippen LogP contribution < -0.4 is 5.32 Å². The number of alkyl halides is 3. The Kier molecular flexibility index (Phi) is 5.24. The first-order valence-electron chi connectivity index (χ1n) is 7.92. The fourth-order valence-electron chi connectivity index (χ4n) is 2.73. The van der Waals surface area contributed by atoms with E-state index in [1.165, 1.54) is 6.20 Å². The average molecular weight is 357 g/mol. The summed E-state index contributed by atoms with van der Waals surface area (Å²) in [5, 5.41) is 3.05. The van der Waals surface area contributed by atoms with Crippen molar-refractivity contribution in [2.75, 3.05) is 26.4 Å². The fourth-order valence-corrected chi connectivity index (χ4v) is 2.73. The topological polar surface area (TPSA) is 65.4 Å². The molecule has 0 aromatic carbocycles. The van der Waals surface area contributed by atoms with E-state index in [4.69, 9.17) is 9.47 Å². The number of aromatic nitrogens is 2. The van der Waals surface area contributed by atoms with Gasteiger partial charge in [-0.05, 0) is 18.2 Å². The Balaban J connectivity index is 1.64. The lowest BCUT2D eigenvalue weighted by Gasteiger charge is -2.23. The second-order valence-corrected chi connectivity index (χ2v) is 5.72. The van der Waals surface area contributed by atoms with Crippen molar-refractivity contribution in [3.05, 3.63) is 30.1 Å². The predicted octanol–water partition coefficient (Wildman–Crippen LogP) is 1.98. The van der Waals surface area contributed by atoms with Gasteiger partial charge in [0.25, 0.3) is 0 Å². The van der Waals surface area contributed by atoms with Crippen LogP contribution >= 0.6 is 0 Å². The van der Waals surface area contributed by atoms with E-state index in [-0.39, 0.29) is 37.2 Å². The number of aryl methyl sites for hydroxylation is 1. The second-order valence-electron chi connectivity index (χ2n) is 5.72. The lowest BCUT2D eigenvalue weighted by molar-refractivity contribution is -0.143. The predicted molar refractivity (Wildman–Crippen MR) is 82.9 cm³/mol. The van der Waals surface area contributed by atoms with Gasteiger partial charge in [-0.3, -0.25) is 4.79 Å². The summed E-state index contributed by atoms with van der Waals surface area (Å²) in [6, 6.07) is 4.19. The largest absolute Gasteiger partial charge is 0.431 e. The first-order chi connectivity index (χ1) is 11.9. The van der Waals surface area contributed by atoms with Gasteiger partial charge in [-0.25, -0.2) is 4.98 Å². The number of pyridine rings is 1. The van der Waals surface area contributed by atoms with Crippen LogP contribution in [0.4, 0.5) is 13.2 Å². The van der Waals surface area contributed by atoms with Crippen molar-refractivity contribution < 1.29 is 27.4 Å². The van der Waals surface area contributed by atoms with Crippen LogP contribution in [-0.4, -0.2) is 47.9 Å². The highest BCUT2D eigenvalue weighted by molar-refractivity contribution is 5.79. The quantitative estimate of drug-likeness (QED) is 0.889. The molecule has 1 N–H and O–H groups in total. The van der Waals surface area contributed by atoms with Crippen molar-refractivity contribution >= 4 is 16.9 Å². The van der Waals surface area contributed by atoms with Crippen LogP contribution in [0.1, 0.15) is 12.1 Å². The number of carbonyl (C=O) groups excluding carboxylic acids is 1. The van der Waals surface area contributed by atoms with Crippen LogP contribution in [0.5, 0.6) is 0 Å². The Hall–Kier alpha value is -2.13. The number of halogens is 3. The maximum Gasteiger partial charge on any atom is 0.431 e. The maximum atomic E-state index is 13.2. The van der Waals surface area contributed by atoms with Gasteiger partial charge in [-0.1, -0.05) is 0 Å². The summed E-state index contributed by atoms with van der Waals surface area (Å²) in [6.45, 7) is 1.55. The molecule has 0 radical (unpaired) electrons. The average Bonchev–Trinajstić information content (AvgIpc) is 2.98. The summed E-state index contributed by atoms with van der Waals surface area (Å²) in [5.74, 6) is -0.347. The summed E-state index contributed by atoms with van der Waals surface area (Å²) in [7, 11) is 0. The molecule has 0 bridgehead atoms. The molecule has 0 saturated carbocycles. The summed E-state index contributed by atoms with van der Waals surface area (Å²) in [6.07, 6.45) is -3.39. The zero-order valence-electron chi connectivity index (χ0n) is 13.4. The Morgan fingerprint density at radius 3 is 2.96 bits per heavy atom. The highest BCUT2D eigenvalue weighted by Gasteiger charge is 2.35. The summed E-state index contributed by atoms with van der Waals surface area (Å²) in [5.41, 5.74) is -0.593. The fraction of sp³-hybridized carbons (Fsp3) is 0.500. The molecular formula is C16H18F3N3O3. The number of fused-ring (bicyclic) bond motifs is 1. The van der Waals surface area contributed by atoms with E-state index in [0.717, 1.165) is 10.6 Å². The van der Waals surface area contributed by atoms with E-state index >= 15 is 0 Å². The van der Waals surface area contributed by atoms with Gasteiger partial charge in [0, 0.05) is 31.1 Å². The second kappa shape index (κ2) is 7.40. The number of hydrogen-bond acceptors (Lipinski definition) is 4. The van der Waals surface area contributed by atoms with Crippen LogP contribution in [0.3, 0.4) is 0 Å². The van der Waals surface area contributed by atoms with Crippen LogP contribution in [-0.2, 0) is 27.0 Å². The minimum absolute atomic E-state index is 0.0863. The Morgan fingerprint density at radius 2 is 2.24 bits per heavy atom. The molecule has 2 aromatic rings. The van der Waals surface area contributed by atoms with Gasteiger partial charge in [0.15, 0.2) is 0 Å².